The number of hydrogen-bond donors (Lipinski definition) is 2. The van der Waals surface area contributed by atoms with Crippen LogP contribution >= 0.6 is 0 Å². The van der Waals surface area contributed by atoms with Crippen LogP contribution in [-0.2, 0) is 0 Å². The summed E-state index contributed by atoms with van der Waals surface area (Å²) in [5, 5.41) is 20.3. The van der Waals surface area contributed by atoms with E-state index in [0.717, 1.165) is 6.07 Å². The number of para-hydroxylation sites is 2. The van der Waals surface area contributed by atoms with Crippen molar-refractivity contribution in [2.75, 3.05) is 0 Å². The zero-order valence-electron chi connectivity index (χ0n) is 10.1. The number of hydrogen-bond acceptors (Lipinski definition) is 5. The topological polar surface area (TPSA) is 116 Å². The average molecular weight is 274 g/mol. The van der Waals surface area contributed by atoms with Crippen molar-refractivity contribution < 1.29 is 19.6 Å². The first-order valence-electron chi connectivity index (χ1n) is 5.53. The fourth-order valence-corrected chi connectivity index (χ4v) is 1.58. The molecule has 0 saturated carbocycles. The lowest BCUT2D eigenvalue weighted by molar-refractivity contribution is -0.384. The molecule has 7 heteroatoms. The van der Waals surface area contributed by atoms with Crippen molar-refractivity contribution in [3.8, 4) is 17.2 Å². The summed E-state index contributed by atoms with van der Waals surface area (Å²) in [6.45, 7) is 0. The molecule has 7 nitrogen and oxygen atoms in total. The molecule has 0 saturated heterocycles. The molecule has 0 aliphatic carbocycles. The molecule has 0 aromatic heterocycles. The van der Waals surface area contributed by atoms with Crippen molar-refractivity contribution in [2.24, 2.45) is 5.73 Å². The molecule has 3 N–H and O–H groups in total. The van der Waals surface area contributed by atoms with E-state index in [0.29, 0.717) is 0 Å². The molecule has 0 spiro atoms. The number of phenolic OH excluding ortho intramolecular Hbond substituents is 1. The van der Waals surface area contributed by atoms with E-state index in [2.05, 4.69) is 0 Å². The number of rotatable bonds is 4. The average Bonchev–Trinajstić information content (AvgIpc) is 2.41. The molecule has 102 valence electrons. The highest BCUT2D eigenvalue weighted by Gasteiger charge is 2.17. The van der Waals surface area contributed by atoms with Crippen LogP contribution in [0.3, 0.4) is 0 Å². The van der Waals surface area contributed by atoms with Crippen molar-refractivity contribution in [2.45, 2.75) is 0 Å². The second-order valence-electron chi connectivity index (χ2n) is 3.87. The molecule has 0 atom stereocenters. The smallest absolute Gasteiger partial charge is 0.270 e. The van der Waals surface area contributed by atoms with E-state index in [-0.39, 0.29) is 28.5 Å². The van der Waals surface area contributed by atoms with E-state index in [1.165, 1.54) is 24.3 Å². The first-order valence-corrected chi connectivity index (χ1v) is 5.53. The number of nitro groups is 1. The monoisotopic (exact) mass is 274 g/mol. The maximum Gasteiger partial charge on any atom is 0.270 e. The molecule has 0 bridgehead atoms. The van der Waals surface area contributed by atoms with Crippen LogP contribution in [0.1, 0.15) is 10.4 Å². The Morgan fingerprint density at radius 3 is 2.50 bits per heavy atom. The Bertz CT molecular complexity index is 684. The quantitative estimate of drug-likeness (QED) is 0.654. The second-order valence-corrected chi connectivity index (χ2v) is 3.87. The van der Waals surface area contributed by atoms with Crippen molar-refractivity contribution >= 4 is 11.6 Å². The van der Waals surface area contributed by atoms with Crippen molar-refractivity contribution in [1.29, 1.82) is 0 Å². The number of nitro benzene ring substituents is 1. The molecule has 20 heavy (non-hydrogen) atoms. The standard InChI is InChI=1S/C13H10N2O5/c14-13(17)9-7-8(15(18)19)5-6-11(9)20-12-4-2-1-3-10(12)16/h1-7,16H,(H2,14,17). The minimum absolute atomic E-state index is 0.0320. The summed E-state index contributed by atoms with van der Waals surface area (Å²) in [5.41, 5.74) is 4.76. The van der Waals surface area contributed by atoms with Gasteiger partial charge >= 0.3 is 0 Å². The van der Waals surface area contributed by atoms with E-state index < -0.39 is 10.8 Å². The summed E-state index contributed by atoms with van der Waals surface area (Å²) < 4.78 is 5.36. The maximum atomic E-state index is 11.3. The highest BCUT2D eigenvalue weighted by molar-refractivity contribution is 5.96. The zero-order valence-corrected chi connectivity index (χ0v) is 10.1. The molecule has 2 rings (SSSR count). The van der Waals surface area contributed by atoms with E-state index in [1.807, 2.05) is 0 Å². The fourth-order valence-electron chi connectivity index (χ4n) is 1.58. The van der Waals surface area contributed by atoms with Gasteiger partial charge in [0.2, 0.25) is 0 Å². The van der Waals surface area contributed by atoms with Gasteiger partial charge in [-0.3, -0.25) is 14.9 Å². The van der Waals surface area contributed by atoms with Gasteiger partial charge in [0.25, 0.3) is 11.6 Å². The van der Waals surface area contributed by atoms with Gasteiger partial charge in [0.05, 0.1) is 10.5 Å². The summed E-state index contributed by atoms with van der Waals surface area (Å²) in [6.07, 6.45) is 0. The van der Waals surface area contributed by atoms with E-state index in [9.17, 15) is 20.0 Å². The van der Waals surface area contributed by atoms with Crippen molar-refractivity contribution in [3.05, 3.63) is 58.1 Å². The molecule has 1 amide bonds. The van der Waals surface area contributed by atoms with Crippen LogP contribution in [0.25, 0.3) is 0 Å². The largest absolute Gasteiger partial charge is 0.504 e. The summed E-state index contributed by atoms with van der Waals surface area (Å²) in [6, 6.07) is 9.59. The van der Waals surface area contributed by atoms with Crippen LogP contribution in [0, 0.1) is 10.1 Å². The molecule has 2 aromatic carbocycles. The van der Waals surface area contributed by atoms with Crippen LogP contribution in [-0.4, -0.2) is 15.9 Å². The summed E-state index contributed by atoms with van der Waals surface area (Å²) >= 11 is 0. The number of non-ortho nitro benzene ring substituents is 1. The van der Waals surface area contributed by atoms with E-state index in [1.54, 1.807) is 12.1 Å². The van der Waals surface area contributed by atoms with Crippen LogP contribution < -0.4 is 10.5 Å². The summed E-state index contributed by atoms with van der Waals surface area (Å²) in [5.74, 6) is -0.839. The van der Waals surface area contributed by atoms with Gasteiger partial charge < -0.3 is 15.6 Å². The van der Waals surface area contributed by atoms with Gasteiger partial charge in [-0.15, -0.1) is 0 Å². The van der Waals surface area contributed by atoms with Gasteiger partial charge in [0.1, 0.15) is 5.75 Å². The highest BCUT2D eigenvalue weighted by atomic mass is 16.6. The van der Waals surface area contributed by atoms with Crippen LogP contribution in [0.15, 0.2) is 42.5 Å². The number of phenols is 1. The number of nitrogens with two attached hydrogens (primary N) is 1. The molecule has 2 aromatic rings. The van der Waals surface area contributed by atoms with Gasteiger partial charge in [0, 0.05) is 12.1 Å². The Kier molecular flexibility index (Phi) is 3.52. The highest BCUT2D eigenvalue weighted by Crippen LogP contribution is 2.33. The van der Waals surface area contributed by atoms with Crippen LogP contribution in [0.2, 0.25) is 0 Å². The second kappa shape index (κ2) is 5.27. The minimum atomic E-state index is -0.862. The Morgan fingerprint density at radius 2 is 1.90 bits per heavy atom. The number of primary amides is 1. The molecule has 0 unspecified atom stereocenters. The Morgan fingerprint density at radius 1 is 1.20 bits per heavy atom. The molecule has 0 fully saturated rings. The molecular weight excluding hydrogens is 264 g/mol. The number of nitrogens with zero attached hydrogens (tertiary/aromatic N) is 1. The van der Waals surface area contributed by atoms with Gasteiger partial charge in [-0.05, 0) is 18.2 Å². The molecule has 0 heterocycles. The minimum Gasteiger partial charge on any atom is -0.504 e. The zero-order chi connectivity index (χ0) is 14.7. The molecule has 0 aliphatic heterocycles. The predicted octanol–water partition coefficient (Wildman–Crippen LogP) is 2.19. The lowest BCUT2D eigenvalue weighted by atomic mass is 10.1. The number of aromatic hydroxyl groups is 1. The van der Waals surface area contributed by atoms with Gasteiger partial charge in [-0.1, -0.05) is 12.1 Å². The predicted molar refractivity (Wildman–Crippen MR) is 69.8 cm³/mol. The van der Waals surface area contributed by atoms with Crippen molar-refractivity contribution in [1.82, 2.24) is 0 Å². The Labute approximate surface area is 113 Å². The first-order chi connectivity index (χ1) is 9.49. The summed E-state index contributed by atoms with van der Waals surface area (Å²) in [4.78, 5) is 21.4. The number of amides is 1. The van der Waals surface area contributed by atoms with Gasteiger partial charge in [0.15, 0.2) is 11.5 Å². The molecule has 0 aliphatic rings. The Balaban J connectivity index is 2.44. The van der Waals surface area contributed by atoms with Crippen molar-refractivity contribution in [3.63, 3.8) is 0 Å². The number of benzene rings is 2. The lowest BCUT2D eigenvalue weighted by Gasteiger charge is -2.10. The number of ether oxygens (including phenoxy) is 1. The SMILES string of the molecule is NC(=O)c1cc([N+](=O)[O-])ccc1Oc1ccccc1O. The third-order valence-electron chi connectivity index (χ3n) is 2.52. The third-order valence-corrected chi connectivity index (χ3v) is 2.52. The maximum absolute atomic E-state index is 11.3. The normalized spacial score (nSPS) is 10.0. The molecular formula is C13H10N2O5. The number of carbonyl (C=O) groups is 1. The van der Waals surface area contributed by atoms with Crippen LogP contribution in [0.4, 0.5) is 5.69 Å². The fraction of sp³-hybridized carbons (Fsp3) is 0. The summed E-state index contributed by atoms with van der Waals surface area (Å²) in [7, 11) is 0. The molecule has 0 radical (unpaired) electrons. The third kappa shape index (κ3) is 2.66. The van der Waals surface area contributed by atoms with E-state index >= 15 is 0 Å². The van der Waals surface area contributed by atoms with E-state index in [4.69, 9.17) is 10.5 Å². The number of carbonyl (C=O) groups excluding carboxylic acids is 1. The lowest BCUT2D eigenvalue weighted by Crippen LogP contribution is -2.12. The Hall–Kier alpha value is -3.09. The van der Waals surface area contributed by atoms with Gasteiger partial charge in [-0.2, -0.15) is 0 Å². The van der Waals surface area contributed by atoms with Gasteiger partial charge in [-0.25, -0.2) is 0 Å². The van der Waals surface area contributed by atoms with Crippen LogP contribution in [0.5, 0.6) is 17.2 Å². The first kappa shape index (κ1) is 13.3.